The Balaban J connectivity index is 1.62. The average molecular weight is 293 g/mol. The fraction of sp³-hybridized carbons (Fsp3) is 0.389. The molecule has 0 spiro atoms. The van der Waals surface area contributed by atoms with E-state index in [0.717, 1.165) is 6.42 Å². The number of hydrogen-bond acceptors (Lipinski definition) is 3. The maximum atomic E-state index is 12.9. The maximum Gasteiger partial charge on any atom is 0.238 e. The van der Waals surface area contributed by atoms with Gasteiger partial charge in [0.1, 0.15) is 5.78 Å². The lowest BCUT2D eigenvalue weighted by atomic mass is 9.71. The summed E-state index contributed by atoms with van der Waals surface area (Å²) in [6.45, 7) is 0. The molecule has 0 N–H and O–H groups in total. The predicted molar refractivity (Wildman–Crippen MR) is 78.6 cm³/mol. The van der Waals surface area contributed by atoms with Crippen LogP contribution in [0.4, 0.5) is 5.69 Å². The number of Topliss-reactive ketones (excluding diaryl/α,β-unsaturated/α-hetero) is 1. The molecular formula is C18H15NO3. The van der Waals surface area contributed by atoms with E-state index in [4.69, 9.17) is 0 Å². The molecule has 1 saturated heterocycles. The maximum absolute atomic E-state index is 12.9. The van der Waals surface area contributed by atoms with E-state index in [1.807, 2.05) is 30.4 Å². The molecule has 1 aliphatic heterocycles. The first-order valence-corrected chi connectivity index (χ1v) is 7.83. The van der Waals surface area contributed by atoms with Crippen LogP contribution in [0.2, 0.25) is 0 Å². The molecule has 6 rings (SSSR count). The lowest BCUT2D eigenvalue weighted by molar-refractivity contribution is -0.130. The van der Waals surface area contributed by atoms with Crippen molar-refractivity contribution in [3.05, 3.63) is 42.5 Å². The van der Waals surface area contributed by atoms with Gasteiger partial charge in [-0.25, -0.2) is 0 Å². The lowest BCUT2D eigenvalue weighted by Gasteiger charge is -2.28. The first kappa shape index (κ1) is 12.3. The zero-order valence-corrected chi connectivity index (χ0v) is 11.9. The molecule has 0 radical (unpaired) electrons. The van der Waals surface area contributed by atoms with Crippen LogP contribution in [-0.2, 0) is 14.4 Å². The molecule has 3 fully saturated rings. The van der Waals surface area contributed by atoms with Crippen molar-refractivity contribution in [3.8, 4) is 0 Å². The number of hydrogen-bond donors (Lipinski definition) is 0. The Kier molecular flexibility index (Phi) is 2.21. The minimum absolute atomic E-state index is 0.0582. The van der Waals surface area contributed by atoms with Crippen molar-refractivity contribution in [1.82, 2.24) is 0 Å². The molecule has 6 unspecified atom stereocenters. The average Bonchev–Trinajstić information content (AvgIpc) is 3.31. The monoisotopic (exact) mass is 293 g/mol. The van der Waals surface area contributed by atoms with Crippen LogP contribution in [0.5, 0.6) is 0 Å². The fourth-order valence-corrected chi connectivity index (χ4v) is 4.71. The highest BCUT2D eigenvalue weighted by molar-refractivity contribution is 6.23. The van der Waals surface area contributed by atoms with Crippen molar-refractivity contribution >= 4 is 23.3 Å². The standard InChI is InChI=1S/C18H15NO3/c20-16-11-7-6-10(12-8-13(12)16)14-15(11)18(22)19(17(14)21)9-4-2-1-3-5-9/h1-7,10-15H,8H2. The summed E-state index contributed by atoms with van der Waals surface area (Å²) < 4.78 is 0. The molecule has 110 valence electrons. The summed E-state index contributed by atoms with van der Waals surface area (Å²) in [6.07, 6.45) is 4.81. The van der Waals surface area contributed by atoms with Gasteiger partial charge in [0, 0.05) is 11.8 Å². The second-order valence-electron chi connectivity index (χ2n) is 6.80. The van der Waals surface area contributed by atoms with Gasteiger partial charge >= 0.3 is 0 Å². The molecule has 6 atom stereocenters. The van der Waals surface area contributed by atoms with Gasteiger partial charge in [-0.3, -0.25) is 19.3 Å². The molecular weight excluding hydrogens is 278 g/mol. The molecule has 4 nitrogen and oxygen atoms in total. The van der Waals surface area contributed by atoms with Crippen molar-refractivity contribution in [2.24, 2.45) is 35.5 Å². The Morgan fingerprint density at radius 2 is 1.64 bits per heavy atom. The van der Waals surface area contributed by atoms with E-state index < -0.39 is 11.8 Å². The minimum Gasteiger partial charge on any atom is -0.299 e. The van der Waals surface area contributed by atoms with Crippen LogP contribution in [0, 0.1) is 35.5 Å². The second-order valence-corrected chi connectivity index (χ2v) is 6.80. The van der Waals surface area contributed by atoms with E-state index in [1.54, 1.807) is 12.1 Å². The van der Waals surface area contributed by atoms with E-state index >= 15 is 0 Å². The Hall–Kier alpha value is -2.23. The number of benzene rings is 1. The van der Waals surface area contributed by atoms with Gasteiger partial charge in [-0.1, -0.05) is 30.4 Å². The summed E-state index contributed by atoms with van der Waals surface area (Å²) in [6, 6.07) is 9.05. The molecule has 1 heterocycles. The Labute approximate surface area is 127 Å². The number of para-hydroxylation sites is 1. The van der Waals surface area contributed by atoms with Gasteiger partial charge in [-0.2, -0.15) is 0 Å². The molecule has 1 aromatic rings. The highest BCUT2D eigenvalue weighted by atomic mass is 16.2. The quantitative estimate of drug-likeness (QED) is 0.586. The van der Waals surface area contributed by atoms with Crippen LogP contribution < -0.4 is 4.90 Å². The summed E-state index contributed by atoms with van der Waals surface area (Å²) in [5.74, 6) is -0.958. The van der Waals surface area contributed by atoms with Gasteiger partial charge in [-0.05, 0) is 30.4 Å². The molecule has 5 aliphatic rings. The van der Waals surface area contributed by atoms with Crippen molar-refractivity contribution in [3.63, 3.8) is 0 Å². The topological polar surface area (TPSA) is 54.5 Å². The molecule has 2 bridgehead atoms. The fourth-order valence-electron chi connectivity index (χ4n) is 4.71. The first-order valence-electron chi connectivity index (χ1n) is 7.83. The number of anilines is 1. The van der Waals surface area contributed by atoms with Crippen LogP contribution in [0.15, 0.2) is 42.5 Å². The largest absolute Gasteiger partial charge is 0.299 e. The third-order valence-corrected chi connectivity index (χ3v) is 5.78. The summed E-state index contributed by atoms with van der Waals surface area (Å²) in [5.41, 5.74) is 0.616. The van der Waals surface area contributed by atoms with E-state index in [2.05, 4.69) is 0 Å². The smallest absolute Gasteiger partial charge is 0.238 e. The van der Waals surface area contributed by atoms with Crippen molar-refractivity contribution in [2.75, 3.05) is 4.90 Å². The van der Waals surface area contributed by atoms with Crippen molar-refractivity contribution < 1.29 is 14.4 Å². The van der Waals surface area contributed by atoms with Crippen LogP contribution in [-0.4, -0.2) is 17.6 Å². The van der Waals surface area contributed by atoms with Crippen LogP contribution in [0.25, 0.3) is 0 Å². The van der Waals surface area contributed by atoms with Crippen LogP contribution >= 0.6 is 0 Å². The van der Waals surface area contributed by atoms with Gasteiger partial charge < -0.3 is 0 Å². The van der Waals surface area contributed by atoms with Gasteiger partial charge in [0.15, 0.2) is 0 Å². The van der Waals surface area contributed by atoms with E-state index in [0.29, 0.717) is 5.69 Å². The summed E-state index contributed by atoms with van der Waals surface area (Å²) in [7, 11) is 0. The molecule has 4 heteroatoms. The van der Waals surface area contributed by atoms with E-state index in [1.165, 1.54) is 4.90 Å². The first-order chi connectivity index (χ1) is 10.7. The second kappa shape index (κ2) is 3.94. The number of amides is 2. The number of nitrogens with zero attached hydrogens (tertiary/aromatic N) is 1. The molecule has 22 heavy (non-hydrogen) atoms. The lowest BCUT2D eigenvalue weighted by Crippen LogP contribution is -2.35. The zero-order chi connectivity index (χ0) is 15.0. The van der Waals surface area contributed by atoms with Gasteiger partial charge in [0.2, 0.25) is 11.8 Å². The normalized spacial score (nSPS) is 41.5. The number of imide groups is 1. The highest BCUT2D eigenvalue weighted by Crippen LogP contribution is 2.59. The summed E-state index contributed by atoms with van der Waals surface area (Å²) in [4.78, 5) is 39.7. The number of carbonyl (C=O) groups is 3. The molecule has 1 aromatic carbocycles. The van der Waals surface area contributed by atoms with Crippen molar-refractivity contribution in [2.45, 2.75) is 6.42 Å². The zero-order valence-electron chi connectivity index (χ0n) is 11.9. The van der Waals surface area contributed by atoms with Crippen LogP contribution in [0.3, 0.4) is 0 Å². The van der Waals surface area contributed by atoms with Gasteiger partial charge in [0.05, 0.1) is 17.5 Å². The van der Waals surface area contributed by atoms with Gasteiger partial charge in [-0.15, -0.1) is 0 Å². The summed E-state index contributed by atoms with van der Waals surface area (Å²) in [5, 5.41) is 0. The molecule has 2 saturated carbocycles. The minimum atomic E-state index is -0.483. The molecule has 2 amide bonds. The number of rotatable bonds is 1. The third kappa shape index (κ3) is 1.35. The Morgan fingerprint density at radius 3 is 2.41 bits per heavy atom. The van der Waals surface area contributed by atoms with Crippen molar-refractivity contribution in [1.29, 1.82) is 0 Å². The molecule has 4 aliphatic carbocycles. The molecule has 0 aromatic heterocycles. The summed E-state index contributed by atoms with van der Waals surface area (Å²) >= 11 is 0. The van der Waals surface area contributed by atoms with E-state index in [-0.39, 0.29) is 41.3 Å². The van der Waals surface area contributed by atoms with Gasteiger partial charge in [0.25, 0.3) is 0 Å². The van der Waals surface area contributed by atoms with E-state index in [9.17, 15) is 14.4 Å². The predicted octanol–water partition coefficient (Wildman–Crippen LogP) is 1.81. The highest BCUT2D eigenvalue weighted by Gasteiger charge is 2.65. The number of allylic oxidation sites excluding steroid dienone is 2. The number of ketones is 1. The Bertz CT molecular complexity index is 738. The third-order valence-electron chi connectivity index (χ3n) is 5.78. The van der Waals surface area contributed by atoms with Crippen LogP contribution in [0.1, 0.15) is 6.42 Å². The Morgan fingerprint density at radius 1 is 0.909 bits per heavy atom. The SMILES string of the molecule is O=C1C2C=CC(C3CC13)C1C(=O)N(c3ccccc3)C(=O)C21. The number of carbonyl (C=O) groups excluding carboxylic acids is 3.